The van der Waals surface area contributed by atoms with E-state index in [1.807, 2.05) is 24.3 Å². The van der Waals surface area contributed by atoms with E-state index in [1.165, 1.54) is 7.11 Å². The summed E-state index contributed by atoms with van der Waals surface area (Å²) in [6.07, 6.45) is 3.58. The van der Waals surface area contributed by atoms with Gasteiger partial charge in [-0.3, -0.25) is 4.79 Å². The van der Waals surface area contributed by atoms with Gasteiger partial charge in [-0.15, -0.1) is 0 Å². The lowest BCUT2D eigenvalue weighted by Gasteiger charge is -2.25. The first-order valence-electron chi connectivity index (χ1n) is 11.7. The topological polar surface area (TPSA) is 94.9 Å². The molecule has 1 aliphatic carbocycles. The molecule has 0 radical (unpaired) electrons. The van der Waals surface area contributed by atoms with Crippen molar-refractivity contribution in [3.8, 4) is 22.8 Å². The van der Waals surface area contributed by atoms with Gasteiger partial charge in [0.15, 0.2) is 11.5 Å². The number of pyridine rings is 1. The number of aromatic nitrogens is 1. The quantitative estimate of drug-likeness (QED) is 0.493. The van der Waals surface area contributed by atoms with Gasteiger partial charge < -0.3 is 25.2 Å². The molecule has 1 amide bonds. The molecule has 2 aliphatic rings. The van der Waals surface area contributed by atoms with Crippen molar-refractivity contribution < 1.29 is 19.7 Å². The number of aromatic hydroxyl groups is 1. The lowest BCUT2D eigenvalue weighted by atomic mass is 9.94. The van der Waals surface area contributed by atoms with Gasteiger partial charge in [0.2, 0.25) is 5.91 Å². The number of anilines is 2. The molecule has 0 bridgehead atoms. The van der Waals surface area contributed by atoms with E-state index in [2.05, 4.69) is 27.3 Å². The van der Waals surface area contributed by atoms with Crippen LogP contribution in [0, 0.1) is 0 Å². The number of nitrogens with one attached hydrogen (secondary N) is 1. The molecule has 7 nitrogen and oxygen atoms in total. The van der Waals surface area contributed by atoms with Crippen LogP contribution in [-0.2, 0) is 10.2 Å². The molecule has 5 rings (SSSR count). The molecule has 1 saturated carbocycles. The summed E-state index contributed by atoms with van der Waals surface area (Å²) in [5.41, 5.74) is 3.04. The van der Waals surface area contributed by atoms with Crippen molar-refractivity contribution in [1.82, 2.24) is 4.98 Å². The number of hydrogen-bond donors (Lipinski definition) is 3. The zero-order valence-corrected chi connectivity index (χ0v) is 19.2. The lowest BCUT2D eigenvalue weighted by molar-refractivity contribution is -0.118. The molecule has 1 aliphatic heterocycles. The number of phenolic OH excluding ortho intramolecular Hbond substituents is 1. The number of methoxy groups -OCH3 is 1. The summed E-state index contributed by atoms with van der Waals surface area (Å²) < 4.78 is 5.21. The third-order valence-corrected chi connectivity index (χ3v) is 6.99. The van der Waals surface area contributed by atoms with E-state index >= 15 is 0 Å². The number of ether oxygens (including phenoxy) is 1. The van der Waals surface area contributed by atoms with Crippen LogP contribution in [0.5, 0.6) is 11.5 Å². The van der Waals surface area contributed by atoms with E-state index < -0.39 is 5.41 Å². The third-order valence-electron chi connectivity index (χ3n) is 6.99. The predicted octanol–water partition coefficient (Wildman–Crippen LogP) is 4.09. The van der Waals surface area contributed by atoms with Crippen molar-refractivity contribution >= 4 is 17.4 Å². The van der Waals surface area contributed by atoms with Crippen molar-refractivity contribution in [2.45, 2.75) is 37.1 Å². The summed E-state index contributed by atoms with van der Waals surface area (Å²) in [7, 11) is 1.50. The predicted molar refractivity (Wildman–Crippen MR) is 131 cm³/mol. The maximum absolute atomic E-state index is 13.2. The van der Waals surface area contributed by atoms with E-state index in [0.717, 1.165) is 54.7 Å². The Morgan fingerprint density at radius 1 is 1.18 bits per heavy atom. The van der Waals surface area contributed by atoms with E-state index in [0.29, 0.717) is 11.6 Å². The van der Waals surface area contributed by atoms with Gasteiger partial charge in [-0.1, -0.05) is 24.3 Å². The molecule has 176 valence electrons. The molecule has 1 aromatic heterocycles. The van der Waals surface area contributed by atoms with Crippen molar-refractivity contribution in [2.75, 3.05) is 30.5 Å². The van der Waals surface area contributed by atoms with E-state index in [4.69, 9.17) is 4.74 Å². The number of hydrogen-bond acceptors (Lipinski definition) is 6. The molecule has 1 saturated heterocycles. The van der Waals surface area contributed by atoms with Crippen molar-refractivity contribution in [3.05, 3.63) is 66.2 Å². The normalized spacial score (nSPS) is 18.5. The second-order valence-corrected chi connectivity index (χ2v) is 9.05. The summed E-state index contributed by atoms with van der Waals surface area (Å²) in [5, 5.41) is 22.5. The molecule has 2 heterocycles. The first-order chi connectivity index (χ1) is 16.5. The molecule has 1 atom stereocenters. The van der Waals surface area contributed by atoms with Crippen LogP contribution in [0.4, 0.5) is 11.5 Å². The van der Waals surface area contributed by atoms with Gasteiger partial charge >= 0.3 is 0 Å². The van der Waals surface area contributed by atoms with Crippen LogP contribution in [0.2, 0.25) is 0 Å². The van der Waals surface area contributed by atoms with Crippen LogP contribution >= 0.6 is 0 Å². The summed E-state index contributed by atoms with van der Waals surface area (Å²) in [6, 6.07) is 19.0. The Hall–Kier alpha value is -3.58. The number of amides is 1. The highest BCUT2D eigenvalue weighted by atomic mass is 16.5. The maximum atomic E-state index is 13.2. The SMILES string of the molecule is COc1cc(C2(C(=O)Nc3cccc(-c4ccc(N5CCC[C@@H]5CO)cc4)n3)CC2)ccc1O. The van der Waals surface area contributed by atoms with Crippen molar-refractivity contribution in [2.24, 2.45) is 0 Å². The molecule has 3 N–H and O–H groups in total. The molecule has 0 unspecified atom stereocenters. The zero-order chi connectivity index (χ0) is 23.7. The molecule has 34 heavy (non-hydrogen) atoms. The van der Waals surface area contributed by atoms with E-state index in [1.54, 1.807) is 24.3 Å². The highest BCUT2D eigenvalue weighted by molar-refractivity contribution is 6.01. The van der Waals surface area contributed by atoms with Gasteiger partial charge in [-0.05, 0) is 67.6 Å². The molecular weight excluding hydrogens is 430 g/mol. The Bertz CT molecular complexity index is 1190. The first-order valence-corrected chi connectivity index (χ1v) is 11.7. The van der Waals surface area contributed by atoms with Crippen LogP contribution in [0.15, 0.2) is 60.7 Å². The average molecular weight is 460 g/mol. The largest absolute Gasteiger partial charge is 0.504 e. The monoisotopic (exact) mass is 459 g/mol. The van der Waals surface area contributed by atoms with Crippen LogP contribution in [0.1, 0.15) is 31.2 Å². The van der Waals surface area contributed by atoms with E-state index in [9.17, 15) is 15.0 Å². The smallest absolute Gasteiger partial charge is 0.236 e. The lowest BCUT2D eigenvalue weighted by Crippen LogP contribution is -2.31. The Morgan fingerprint density at radius 2 is 1.97 bits per heavy atom. The van der Waals surface area contributed by atoms with Crippen molar-refractivity contribution in [3.63, 3.8) is 0 Å². The fraction of sp³-hybridized carbons (Fsp3) is 0.333. The van der Waals surface area contributed by atoms with Gasteiger partial charge in [-0.25, -0.2) is 4.98 Å². The minimum atomic E-state index is -0.626. The Morgan fingerprint density at radius 3 is 2.68 bits per heavy atom. The standard InChI is InChI=1S/C27H29N3O4/c1-34-24-16-19(9-12-23(24)32)27(13-14-27)26(33)29-25-6-2-5-22(28-25)18-7-10-20(11-8-18)30-15-3-4-21(30)17-31/h2,5-12,16,21,31-32H,3-4,13-15,17H2,1H3,(H,28,29,33)/t21-/m1/s1. The molecule has 2 aromatic carbocycles. The Balaban J connectivity index is 1.32. The van der Waals surface area contributed by atoms with Crippen LogP contribution in [-0.4, -0.2) is 47.4 Å². The molecule has 3 aromatic rings. The second kappa shape index (κ2) is 8.99. The minimum absolute atomic E-state index is 0.0551. The van der Waals surface area contributed by atoms with Gasteiger partial charge in [-0.2, -0.15) is 0 Å². The molecular formula is C27H29N3O4. The molecule has 0 spiro atoms. The number of carbonyl (C=O) groups excluding carboxylic acids is 1. The van der Waals surface area contributed by atoms with E-state index in [-0.39, 0.29) is 24.3 Å². The van der Waals surface area contributed by atoms with Gasteiger partial charge in [0, 0.05) is 17.8 Å². The Labute approximate surface area is 199 Å². The summed E-state index contributed by atoms with van der Waals surface area (Å²) in [4.78, 5) is 20.1. The molecule has 7 heteroatoms. The third kappa shape index (κ3) is 4.07. The van der Waals surface area contributed by atoms with Crippen LogP contribution in [0.25, 0.3) is 11.3 Å². The fourth-order valence-corrected chi connectivity index (χ4v) is 4.84. The highest BCUT2D eigenvalue weighted by Gasteiger charge is 2.51. The maximum Gasteiger partial charge on any atom is 0.236 e. The number of aliphatic hydroxyl groups excluding tert-OH is 1. The average Bonchev–Trinajstić information content (AvgIpc) is 3.55. The van der Waals surface area contributed by atoms with Crippen LogP contribution < -0.4 is 15.0 Å². The number of nitrogens with zero attached hydrogens (tertiary/aromatic N) is 2. The van der Waals surface area contributed by atoms with Crippen molar-refractivity contribution in [1.29, 1.82) is 0 Å². The fourth-order valence-electron chi connectivity index (χ4n) is 4.84. The van der Waals surface area contributed by atoms with Crippen LogP contribution in [0.3, 0.4) is 0 Å². The second-order valence-electron chi connectivity index (χ2n) is 9.05. The number of aliphatic hydroxyl groups is 1. The summed E-state index contributed by atoms with van der Waals surface area (Å²) in [5.74, 6) is 0.812. The summed E-state index contributed by atoms with van der Waals surface area (Å²) in [6.45, 7) is 1.13. The number of benzene rings is 2. The number of phenols is 1. The highest BCUT2D eigenvalue weighted by Crippen LogP contribution is 2.50. The summed E-state index contributed by atoms with van der Waals surface area (Å²) >= 11 is 0. The number of rotatable bonds is 7. The number of carbonyl (C=O) groups is 1. The molecule has 2 fully saturated rings. The first kappa shape index (κ1) is 22.2. The zero-order valence-electron chi connectivity index (χ0n) is 19.2. The Kier molecular flexibility index (Phi) is 5.87. The minimum Gasteiger partial charge on any atom is -0.504 e. The van der Waals surface area contributed by atoms with Gasteiger partial charge in [0.1, 0.15) is 5.82 Å². The van der Waals surface area contributed by atoms with Gasteiger partial charge in [0.25, 0.3) is 0 Å². The van der Waals surface area contributed by atoms with Gasteiger partial charge in [0.05, 0.1) is 30.9 Å².